The van der Waals surface area contributed by atoms with Crippen molar-refractivity contribution >= 4 is 17.5 Å². The lowest BCUT2D eigenvalue weighted by molar-refractivity contribution is -0.384. The molecule has 30 heavy (non-hydrogen) atoms. The van der Waals surface area contributed by atoms with Gasteiger partial charge in [-0.05, 0) is 24.6 Å². The number of imidazole rings is 1. The highest BCUT2D eigenvalue weighted by Crippen LogP contribution is 2.20. The largest absolute Gasteiger partial charge is 0.339 e. The highest BCUT2D eigenvalue weighted by Gasteiger charge is 2.24. The zero-order valence-electron chi connectivity index (χ0n) is 16.8. The van der Waals surface area contributed by atoms with Gasteiger partial charge in [0.15, 0.2) is 0 Å². The van der Waals surface area contributed by atoms with Crippen molar-refractivity contribution in [2.45, 2.75) is 13.3 Å². The Bertz CT molecular complexity index is 1040. The van der Waals surface area contributed by atoms with Gasteiger partial charge >= 0.3 is 0 Å². The number of rotatable bonds is 5. The van der Waals surface area contributed by atoms with E-state index in [2.05, 4.69) is 45.6 Å². The number of aryl methyl sites for hydroxylation is 1. The number of hydrogen-bond acceptors (Lipinski definition) is 5. The van der Waals surface area contributed by atoms with Gasteiger partial charge in [-0.1, -0.05) is 29.8 Å². The van der Waals surface area contributed by atoms with Crippen LogP contribution in [0.3, 0.4) is 0 Å². The summed E-state index contributed by atoms with van der Waals surface area (Å²) >= 11 is 0. The van der Waals surface area contributed by atoms with Crippen molar-refractivity contribution in [1.29, 1.82) is 0 Å². The van der Waals surface area contributed by atoms with Gasteiger partial charge in [0.1, 0.15) is 0 Å². The molecule has 0 spiro atoms. The molecule has 0 aliphatic carbocycles. The van der Waals surface area contributed by atoms with Crippen LogP contribution in [-0.2, 0) is 11.2 Å². The topological polar surface area (TPSA) is 84.5 Å². The minimum atomic E-state index is -0.439. The van der Waals surface area contributed by atoms with Crippen molar-refractivity contribution in [1.82, 2.24) is 14.5 Å². The summed E-state index contributed by atoms with van der Waals surface area (Å²) in [4.78, 5) is 31.5. The molecule has 1 saturated heterocycles. The molecule has 2 heterocycles. The number of nitrogens with zero attached hydrogens (tertiary/aromatic N) is 5. The first-order valence-corrected chi connectivity index (χ1v) is 9.88. The third kappa shape index (κ3) is 4.17. The molecule has 0 N–H and O–H groups in total. The number of carbonyl (C=O) groups excluding carboxylic acids is 1. The Hall–Kier alpha value is -3.68. The summed E-state index contributed by atoms with van der Waals surface area (Å²) in [5.41, 5.74) is 3.08. The molecule has 154 valence electrons. The fourth-order valence-electron chi connectivity index (χ4n) is 3.61. The molecule has 0 unspecified atom stereocenters. The number of anilines is 1. The van der Waals surface area contributed by atoms with Gasteiger partial charge in [-0.2, -0.15) is 0 Å². The van der Waals surface area contributed by atoms with Crippen molar-refractivity contribution in [2.75, 3.05) is 31.1 Å². The van der Waals surface area contributed by atoms with E-state index >= 15 is 0 Å². The monoisotopic (exact) mass is 405 g/mol. The zero-order valence-corrected chi connectivity index (χ0v) is 16.8. The first-order chi connectivity index (χ1) is 14.5. The maximum atomic E-state index is 12.7. The van der Waals surface area contributed by atoms with E-state index in [4.69, 9.17) is 0 Å². The van der Waals surface area contributed by atoms with Crippen LogP contribution in [0.4, 0.5) is 11.6 Å². The van der Waals surface area contributed by atoms with Crippen molar-refractivity contribution in [2.24, 2.45) is 0 Å². The van der Waals surface area contributed by atoms with E-state index in [9.17, 15) is 14.9 Å². The van der Waals surface area contributed by atoms with E-state index < -0.39 is 4.92 Å². The van der Waals surface area contributed by atoms with Crippen LogP contribution in [0.25, 0.3) is 5.69 Å². The molecule has 8 heteroatoms. The number of non-ortho nitro benzene ring substituents is 1. The van der Waals surface area contributed by atoms with Gasteiger partial charge < -0.3 is 9.80 Å². The zero-order chi connectivity index (χ0) is 21.1. The predicted molar refractivity (Wildman–Crippen MR) is 114 cm³/mol. The number of aromatic nitrogens is 2. The SMILES string of the molecule is Cc1ccc(-n2ccnc2N2CCN(C(=O)Cc3ccc([N+](=O)[O-])cc3)CC2)cc1. The van der Waals surface area contributed by atoms with Gasteiger partial charge in [0.2, 0.25) is 11.9 Å². The van der Waals surface area contributed by atoms with Crippen LogP contribution in [0, 0.1) is 17.0 Å². The van der Waals surface area contributed by atoms with E-state index in [-0.39, 0.29) is 18.0 Å². The summed E-state index contributed by atoms with van der Waals surface area (Å²) in [6.07, 6.45) is 3.99. The molecule has 0 radical (unpaired) electrons. The molecular weight excluding hydrogens is 382 g/mol. The summed E-state index contributed by atoms with van der Waals surface area (Å²) < 4.78 is 2.06. The van der Waals surface area contributed by atoms with Crippen molar-refractivity contribution in [3.05, 3.63) is 82.2 Å². The molecule has 8 nitrogen and oxygen atoms in total. The van der Waals surface area contributed by atoms with E-state index in [0.717, 1.165) is 17.2 Å². The van der Waals surface area contributed by atoms with Gasteiger partial charge in [0.05, 0.1) is 11.3 Å². The van der Waals surface area contributed by atoms with E-state index in [1.807, 2.05) is 11.1 Å². The van der Waals surface area contributed by atoms with Crippen LogP contribution in [0.5, 0.6) is 0 Å². The Balaban J connectivity index is 1.37. The van der Waals surface area contributed by atoms with Gasteiger partial charge in [-0.15, -0.1) is 0 Å². The van der Waals surface area contributed by atoms with Crippen LogP contribution in [0.2, 0.25) is 0 Å². The second-order valence-electron chi connectivity index (χ2n) is 7.40. The average Bonchev–Trinajstić information content (AvgIpc) is 3.24. The number of nitro benzene ring substituents is 1. The Kier molecular flexibility index (Phi) is 5.47. The molecular formula is C22H23N5O3. The normalized spacial score (nSPS) is 14.0. The van der Waals surface area contributed by atoms with Crippen LogP contribution < -0.4 is 4.90 Å². The number of piperazine rings is 1. The summed E-state index contributed by atoms with van der Waals surface area (Å²) in [5.74, 6) is 0.909. The number of hydrogen-bond donors (Lipinski definition) is 0. The maximum Gasteiger partial charge on any atom is 0.269 e. The highest BCUT2D eigenvalue weighted by atomic mass is 16.6. The molecule has 1 amide bonds. The average molecular weight is 405 g/mol. The van der Waals surface area contributed by atoms with Crippen LogP contribution in [0.1, 0.15) is 11.1 Å². The van der Waals surface area contributed by atoms with Gasteiger partial charge in [-0.25, -0.2) is 4.98 Å². The number of carbonyl (C=O) groups is 1. The van der Waals surface area contributed by atoms with E-state index in [1.165, 1.54) is 17.7 Å². The lowest BCUT2D eigenvalue weighted by Crippen LogP contribution is -2.49. The Labute approximate surface area is 174 Å². The first-order valence-electron chi connectivity index (χ1n) is 9.88. The van der Waals surface area contributed by atoms with Crippen molar-refractivity contribution in [3.63, 3.8) is 0 Å². The predicted octanol–water partition coefficient (Wildman–Crippen LogP) is 2.98. The minimum absolute atomic E-state index is 0.0314. The number of amides is 1. The Morgan fingerprint density at radius 3 is 2.33 bits per heavy atom. The Morgan fingerprint density at radius 1 is 1.03 bits per heavy atom. The fraction of sp³-hybridized carbons (Fsp3) is 0.273. The molecule has 1 aliphatic heterocycles. The minimum Gasteiger partial charge on any atom is -0.339 e. The third-order valence-electron chi connectivity index (χ3n) is 5.35. The maximum absolute atomic E-state index is 12.7. The van der Waals surface area contributed by atoms with Crippen LogP contribution >= 0.6 is 0 Å². The van der Waals surface area contributed by atoms with Crippen LogP contribution in [-0.4, -0.2) is 51.5 Å². The highest BCUT2D eigenvalue weighted by molar-refractivity contribution is 5.79. The molecule has 0 bridgehead atoms. The first kappa shape index (κ1) is 19.6. The summed E-state index contributed by atoms with van der Waals surface area (Å²) in [5, 5.41) is 10.8. The lowest BCUT2D eigenvalue weighted by Gasteiger charge is -2.35. The molecule has 1 aliphatic rings. The quantitative estimate of drug-likeness (QED) is 0.481. The molecule has 4 rings (SSSR count). The summed E-state index contributed by atoms with van der Waals surface area (Å²) in [6, 6.07) is 14.5. The fourth-order valence-corrected chi connectivity index (χ4v) is 3.61. The second-order valence-corrected chi connectivity index (χ2v) is 7.40. The van der Waals surface area contributed by atoms with Crippen molar-refractivity contribution < 1.29 is 9.72 Å². The smallest absolute Gasteiger partial charge is 0.269 e. The standard InChI is InChI=1S/C22H23N5O3/c1-17-2-6-19(7-3-17)26-11-10-23-22(26)25-14-12-24(13-15-25)21(28)16-18-4-8-20(9-5-18)27(29)30/h2-11H,12-16H2,1H3. The van der Waals surface area contributed by atoms with Gasteiger partial charge in [0, 0.05) is 56.4 Å². The van der Waals surface area contributed by atoms with E-state index in [1.54, 1.807) is 18.3 Å². The molecule has 1 fully saturated rings. The van der Waals surface area contributed by atoms with Gasteiger partial charge in [-0.3, -0.25) is 19.5 Å². The lowest BCUT2D eigenvalue weighted by atomic mass is 10.1. The van der Waals surface area contributed by atoms with Gasteiger partial charge in [0.25, 0.3) is 5.69 Å². The summed E-state index contributed by atoms with van der Waals surface area (Å²) in [6.45, 7) is 4.70. The van der Waals surface area contributed by atoms with Crippen LogP contribution in [0.15, 0.2) is 60.9 Å². The number of benzene rings is 2. The molecule has 0 saturated carbocycles. The number of nitro groups is 1. The molecule has 1 aromatic heterocycles. The molecule has 0 atom stereocenters. The molecule has 3 aromatic rings. The molecule has 2 aromatic carbocycles. The summed E-state index contributed by atoms with van der Waals surface area (Å²) in [7, 11) is 0. The van der Waals surface area contributed by atoms with E-state index in [0.29, 0.717) is 26.2 Å². The third-order valence-corrected chi connectivity index (χ3v) is 5.35. The second kappa shape index (κ2) is 8.36. The Morgan fingerprint density at radius 2 is 1.70 bits per heavy atom. The van der Waals surface area contributed by atoms with Crippen molar-refractivity contribution in [3.8, 4) is 5.69 Å².